The molecule has 0 spiro atoms. The van der Waals surface area contributed by atoms with Gasteiger partial charge in [0, 0.05) is 6.08 Å². The van der Waals surface area contributed by atoms with Crippen LogP contribution in [0.4, 0.5) is 0 Å². The van der Waals surface area contributed by atoms with Crippen molar-refractivity contribution < 1.29 is 29.0 Å². The molecule has 0 aliphatic rings. The van der Waals surface area contributed by atoms with Crippen LogP contribution in [0.15, 0.2) is 37.0 Å². The number of carboxylic acids is 1. The normalized spacial score (nSPS) is 10.3. The zero-order chi connectivity index (χ0) is 14.0. The Hall–Kier alpha value is -2.37. The van der Waals surface area contributed by atoms with Crippen LogP contribution in [0.3, 0.4) is 0 Å². The fraction of sp³-hybridized carbons (Fsp3) is 0.250. The molecule has 0 aromatic rings. The third-order valence-corrected chi connectivity index (χ3v) is 1.61. The van der Waals surface area contributed by atoms with Gasteiger partial charge >= 0.3 is 17.9 Å². The molecule has 0 fully saturated rings. The van der Waals surface area contributed by atoms with Crippen molar-refractivity contribution in [1.82, 2.24) is 0 Å². The van der Waals surface area contributed by atoms with Gasteiger partial charge in [0.05, 0.1) is 12.0 Å². The highest BCUT2D eigenvalue weighted by Crippen LogP contribution is 2.04. The molecular formula is C12H14O6. The summed E-state index contributed by atoms with van der Waals surface area (Å²) in [6.07, 6.45) is 2.90. The first-order valence-electron chi connectivity index (χ1n) is 4.99. The molecule has 0 radical (unpaired) electrons. The predicted octanol–water partition coefficient (Wildman–Crippen LogP) is 0.846. The van der Waals surface area contributed by atoms with E-state index in [4.69, 9.17) is 5.11 Å². The van der Waals surface area contributed by atoms with Crippen LogP contribution in [-0.2, 0) is 23.9 Å². The Labute approximate surface area is 104 Å². The molecule has 98 valence electrons. The van der Waals surface area contributed by atoms with Crippen LogP contribution >= 0.6 is 0 Å². The van der Waals surface area contributed by atoms with Crippen molar-refractivity contribution in [2.24, 2.45) is 0 Å². The Morgan fingerprint density at radius 3 is 2.11 bits per heavy atom. The number of carboxylic acid groups (broad SMARTS) is 1. The van der Waals surface area contributed by atoms with E-state index in [9.17, 15) is 14.4 Å². The quantitative estimate of drug-likeness (QED) is 0.392. The second-order valence-corrected chi connectivity index (χ2v) is 3.04. The average Bonchev–Trinajstić information content (AvgIpc) is 2.32. The molecule has 0 bridgehead atoms. The van der Waals surface area contributed by atoms with Gasteiger partial charge in [-0.1, -0.05) is 25.3 Å². The first kappa shape index (κ1) is 15.6. The first-order chi connectivity index (χ1) is 8.51. The van der Waals surface area contributed by atoms with Gasteiger partial charge in [-0.05, 0) is 0 Å². The van der Waals surface area contributed by atoms with E-state index in [1.54, 1.807) is 0 Å². The number of ether oxygens (including phenoxy) is 2. The molecule has 0 saturated heterocycles. The number of hydrogen-bond acceptors (Lipinski definition) is 5. The molecule has 6 heteroatoms. The highest BCUT2D eigenvalue weighted by molar-refractivity contribution is 5.98. The number of rotatable bonds is 8. The lowest BCUT2D eigenvalue weighted by molar-refractivity contribution is -0.143. The molecule has 0 aliphatic heterocycles. The van der Waals surface area contributed by atoms with E-state index in [1.165, 1.54) is 12.2 Å². The highest BCUT2D eigenvalue weighted by Gasteiger charge is 2.15. The molecule has 0 aliphatic carbocycles. The highest BCUT2D eigenvalue weighted by atomic mass is 16.5. The Morgan fingerprint density at radius 2 is 1.61 bits per heavy atom. The summed E-state index contributed by atoms with van der Waals surface area (Å²) in [5, 5.41) is 8.80. The van der Waals surface area contributed by atoms with Crippen molar-refractivity contribution in [3.05, 3.63) is 37.0 Å². The summed E-state index contributed by atoms with van der Waals surface area (Å²) in [4.78, 5) is 33.1. The van der Waals surface area contributed by atoms with Gasteiger partial charge in [0.15, 0.2) is 0 Å². The largest absolute Gasteiger partial charge is 0.478 e. The van der Waals surface area contributed by atoms with Crippen LogP contribution in [0.25, 0.3) is 0 Å². The van der Waals surface area contributed by atoms with E-state index in [1.807, 2.05) is 0 Å². The number of carbonyl (C=O) groups is 3. The number of carbonyl (C=O) groups excluding carboxylic acids is 2. The van der Waals surface area contributed by atoms with Gasteiger partial charge in [-0.25, -0.2) is 9.59 Å². The molecular weight excluding hydrogens is 240 g/mol. The summed E-state index contributed by atoms with van der Waals surface area (Å²) < 4.78 is 9.17. The van der Waals surface area contributed by atoms with Crippen molar-refractivity contribution in [2.45, 2.75) is 6.42 Å². The smallest absolute Gasteiger partial charge is 0.332 e. The van der Waals surface area contributed by atoms with E-state index >= 15 is 0 Å². The van der Waals surface area contributed by atoms with Crippen molar-refractivity contribution in [3.8, 4) is 0 Å². The molecule has 6 nitrogen and oxygen atoms in total. The van der Waals surface area contributed by atoms with E-state index < -0.39 is 29.9 Å². The summed E-state index contributed by atoms with van der Waals surface area (Å²) in [5.41, 5.74) is -0.405. The zero-order valence-electron chi connectivity index (χ0n) is 9.76. The Kier molecular flexibility index (Phi) is 7.59. The second-order valence-electron chi connectivity index (χ2n) is 3.04. The standard InChI is InChI=1S/C12H14O6/c1-3-5-17-10(13)7-9(12(15)16)8-11(14)18-6-4-2/h3-4,7H,1-2,5-6,8H2,(H,15,16). The fourth-order valence-corrected chi connectivity index (χ4v) is 0.872. The average molecular weight is 254 g/mol. The fourth-order valence-electron chi connectivity index (χ4n) is 0.872. The maximum absolute atomic E-state index is 11.2. The molecule has 1 N–H and O–H groups in total. The van der Waals surface area contributed by atoms with Crippen molar-refractivity contribution in [3.63, 3.8) is 0 Å². The minimum atomic E-state index is -1.39. The minimum Gasteiger partial charge on any atom is -0.478 e. The molecule has 0 aromatic heterocycles. The Balaban J connectivity index is 4.55. The van der Waals surface area contributed by atoms with E-state index in [2.05, 4.69) is 22.6 Å². The van der Waals surface area contributed by atoms with Crippen molar-refractivity contribution in [1.29, 1.82) is 0 Å². The minimum absolute atomic E-state index is 0.0212. The Morgan fingerprint density at radius 1 is 1.06 bits per heavy atom. The first-order valence-corrected chi connectivity index (χ1v) is 4.99. The summed E-state index contributed by atoms with van der Waals surface area (Å²) in [6.45, 7) is 6.61. The number of hydrogen-bond donors (Lipinski definition) is 1. The SMILES string of the molecule is C=CCOC(=O)C=C(CC(=O)OCC=C)C(=O)O. The Bertz CT molecular complexity index is 380. The molecule has 18 heavy (non-hydrogen) atoms. The number of aliphatic carboxylic acids is 1. The molecule has 0 aromatic carbocycles. The topological polar surface area (TPSA) is 89.9 Å². The van der Waals surface area contributed by atoms with Gasteiger partial charge in [-0.3, -0.25) is 4.79 Å². The predicted molar refractivity (Wildman–Crippen MR) is 62.6 cm³/mol. The molecule has 0 unspecified atom stereocenters. The van der Waals surface area contributed by atoms with Crippen LogP contribution < -0.4 is 0 Å². The van der Waals surface area contributed by atoms with Crippen LogP contribution in [0.2, 0.25) is 0 Å². The van der Waals surface area contributed by atoms with Crippen molar-refractivity contribution in [2.75, 3.05) is 13.2 Å². The monoisotopic (exact) mass is 254 g/mol. The molecule has 0 heterocycles. The summed E-state index contributed by atoms with van der Waals surface area (Å²) >= 11 is 0. The lowest BCUT2D eigenvalue weighted by atomic mass is 10.2. The third kappa shape index (κ3) is 7.00. The van der Waals surface area contributed by atoms with E-state index in [-0.39, 0.29) is 13.2 Å². The van der Waals surface area contributed by atoms with Crippen LogP contribution in [0.5, 0.6) is 0 Å². The molecule has 0 rings (SSSR count). The lowest BCUT2D eigenvalue weighted by Crippen LogP contribution is -2.13. The third-order valence-electron chi connectivity index (χ3n) is 1.61. The molecule has 0 atom stereocenters. The maximum Gasteiger partial charge on any atom is 0.332 e. The van der Waals surface area contributed by atoms with Gasteiger partial charge in [-0.2, -0.15) is 0 Å². The lowest BCUT2D eigenvalue weighted by Gasteiger charge is -2.03. The number of esters is 2. The van der Waals surface area contributed by atoms with Crippen LogP contribution in [0, 0.1) is 0 Å². The van der Waals surface area contributed by atoms with Gasteiger partial charge in [0.25, 0.3) is 0 Å². The summed E-state index contributed by atoms with van der Waals surface area (Å²) in [5.74, 6) is -3.01. The van der Waals surface area contributed by atoms with E-state index in [0.717, 1.165) is 6.08 Å². The maximum atomic E-state index is 11.2. The van der Waals surface area contributed by atoms with Gasteiger partial charge in [0.1, 0.15) is 13.2 Å². The summed E-state index contributed by atoms with van der Waals surface area (Å²) in [7, 11) is 0. The van der Waals surface area contributed by atoms with Gasteiger partial charge in [-0.15, -0.1) is 0 Å². The molecule has 0 amide bonds. The van der Waals surface area contributed by atoms with Gasteiger partial charge < -0.3 is 14.6 Å². The van der Waals surface area contributed by atoms with Gasteiger partial charge in [0.2, 0.25) is 0 Å². The van der Waals surface area contributed by atoms with E-state index in [0.29, 0.717) is 0 Å². The second kappa shape index (κ2) is 8.74. The summed E-state index contributed by atoms with van der Waals surface area (Å²) in [6, 6.07) is 0. The van der Waals surface area contributed by atoms with Crippen LogP contribution in [0.1, 0.15) is 6.42 Å². The molecule has 0 saturated carbocycles. The van der Waals surface area contributed by atoms with Crippen LogP contribution in [-0.4, -0.2) is 36.2 Å². The zero-order valence-corrected chi connectivity index (χ0v) is 9.76. The van der Waals surface area contributed by atoms with Crippen molar-refractivity contribution >= 4 is 17.9 Å².